The highest BCUT2D eigenvalue weighted by Gasteiger charge is 2.34. The van der Waals surface area contributed by atoms with Crippen molar-refractivity contribution >= 4 is 0 Å². The summed E-state index contributed by atoms with van der Waals surface area (Å²) in [4.78, 5) is 0. The highest BCUT2D eigenvalue weighted by atomic mass is 16.3. The second-order valence-electron chi connectivity index (χ2n) is 5.38. The van der Waals surface area contributed by atoms with Crippen LogP contribution in [0.15, 0.2) is 0 Å². The van der Waals surface area contributed by atoms with Crippen molar-refractivity contribution in [3.05, 3.63) is 0 Å². The first-order valence-electron chi connectivity index (χ1n) is 5.10. The van der Waals surface area contributed by atoms with E-state index in [2.05, 4.69) is 27.7 Å². The van der Waals surface area contributed by atoms with Gasteiger partial charge in [-0.25, -0.2) is 0 Å². The fourth-order valence-electron chi connectivity index (χ4n) is 2.35. The Morgan fingerprint density at radius 1 is 1.33 bits per heavy atom. The molecule has 0 aromatic carbocycles. The predicted octanol–water partition coefficient (Wildman–Crippen LogP) is 2.83. The van der Waals surface area contributed by atoms with Gasteiger partial charge in [0.2, 0.25) is 0 Å². The van der Waals surface area contributed by atoms with E-state index in [1.807, 2.05) is 0 Å². The van der Waals surface area contributed by atoms with Gasteiger partial charge in [-0.3, -0.25) is 0 Å². The summed E-state index contributed by atoms with van der Waals surface area (Å²) in [5, 5.41) is 9.87. The van der Waals surface area contributed by atoms with Crippen LogP contribution >= 0.6 is 0 Å². The van der Waals surface area contributed by atoms with Gasteiger partial charge < -0.3 is 5.11 Å². The Labute approximate surface area is 76.2 Å². The number of aliphatic hydroxyl groups excluding tert-OH is 1. The Morgan fingerprint density at radius 3 is 2.33 bits per heavy atom. The minimum atomic E-state index is -0.0613. The molecule has 0 aromatic rings. The van der Waals surface area contributed by atoms with Crippen LogP contribution in [0, 0.1) is 17.3 Å². The van der Waals surface area contributed by atoms with Gasteiger partial charge in [0.25, 0.3) is 0 Å². The molecule has 0 bridgehead atoms. The minimum absolute atomic E-state index is 0.0613. The lowest BCUT2D eigenvalue weighted by Gasteiger charge is -2.40. The molecule has 0 saturated heterocycles. The summed E-state index contributed by atoms with van der Waals surface area (Å²) in [6.07, 6.45) is 3.39. The van der Waals surface area contributed by atoms with Crippen molar-refractivity contribution in [1.29, 1.82) is 0 Å². The molecule has 0 radical (unpaired) electrons. The van der Waals surface area contributed by atoms with Crippen LogP contribution in [0.25, 0.3) is 0 Å². The SMILES string of the molecule is CC(C)C1CCC(C)(C)C[C@@H]1O. The second kappa shape index (κ2) is 3.37. The summed E-state index contributed by atoms with van der Waals surface area (Å²) in [7, 11) is 0. The first-order chi connectivity index (χ1) is 5.42. The summed E-state index contributed by atoms with van der Waals surface area (Å²) < 4.78 is 0. The molecule has 1 nitrogen and oxygen atoms in total. The van der Waals surface area contributed by atoms with E-state index in [0.29, 0.717) is 17.3 Å². The van der Waals surface area contributed by atoms with Crippen molar-refractivity contribution in [2.45, 2.75) is 53.1 Å². The van der Waals surface area contributed by atoms with Crippen LogP contribution in [0.3, 0.4) is 0 Å². The van der Waals surface area contributed by atoms with Crippen LogP contribution in [0.5, 0.6) is 0 Å². The third kappa shape index (κ3) is 2.22. The van der Waals surface area contributed by atoms with E-state index in [4.69, 9.17) is 0 Å². The van der Waals surface area contributed by atoms with Gasteiger partial charge in [-0.15, -0.1) is 0 Å². The predicted molar refractivity (Wildman–Crippen MR) is 52.0 cm³/mol. The average Bonchev–Trinajstić information content (AvgIpc) is 1.83. The minimum Gasteiger partial charge on any atom is -0.393 e. The van der Waals surface area contributed by atoms with E-state index in [1.54, 1.807) is 0 Å². The molecular weight excluding hydrogens is 148 g/mol. The molecule has 1 unspecified atom stereocenters. The van der Waals surface area contributed by atoms with Gasteiger partial charge in [-0.2, -0.15) is 0 Å². The lowest BCUT2D eigenvalue weighted by molar-refractivity contribution is -0.00325. The van der Waals surface area contributed by atoms with E-state index in [-0.39, 0.29) is 6.10 Å². The maximum Gasteiger partial charge on any atom is 0.0575 e. The van der Waals surface area contributed by atoms with Crippen molar-refractivity contribution in [2.24, 2.45) is 17.3 Å². The molecule has 1 heteroatoms. The molecule has 12 heavy (non-hydrogen) atoms. The molecule has 1 rings (SSSR count). The molecule has 72 valence electrons. The molecule has 1 fully saturated rings. The van der Waals surface area contributed by atoms with Crippen molar-refractivity contribution < 1.29 is 5.11 Å². The van der Waals surface area contributed by atoms with Gasteiger partial charge in [-0.1, -0.05) is 27.7 Å². The molecular formula is C11H22O. The quantitative estimate of drug-likeness (QED) is 0.641. The van der Waals surface area contributed by atoms with E-state index < -0.39 is 0 Å². The molecule has 0 amide bonds. The Kier molecular flexibility index (Phi) is 2.82. The van der Waals surface area contributed by atoms with Crippen LogP contribution < -0.4 is 0 Å². The summed E-state index contributed by atoms with van der Waals surface area (Å²) in [6.45, 7) is 8.94. The van der Waals surface area contributed by atoms with E-state index in [0.717, 1.165) is 6.42 Å². The average molecular weight is 170 g/mol. The molecule has 1 aliphatic rings. The van der Waals surface area contributed by atoms with Gasteiger partial charge in [0.05, 0.1) is 6.10 Å². The normalized spacial score (nSPS) is 35.5. The number of aliphatic hydroxyl groups is 1. The van der Waals surface area contributed by atoms with Crippen LogP contribution in [-0.4, -0.2) is 11.2 Å². The molecule has 1 aliphatic carbocycles. The largest absolute Gasteiger partial charge is 0.393 e. The zero-order valence-electron chi connectivity index (χ0n) is 8.80. The molecule has 0 aliphatic heterocycles. The van der Waals surface area contributed by atoms with E-state index in [9.17, 15) is 5.11 Å². The Bertz CT molecular complexity index is 149. The summed E-state index contributed by atoms with van der Waals surface area (Å²) in [6, 6.07) is 0. The number of rotatable bonds is 1. The fourth-order valence-corrected chi connectivity index (χ4v) is 2.35. The third-order valence-corrected chi connectivity index (χ3v) is 3.27. The zero-order valence-corrected chi connectivity index (χ0v) is 8.80. The molecule has 0 heterocycles. The summed E-state index contributed by atoms with van der Waals surface area (Å²) in [5.74, 6) is 1.18. The molecule has 0 spiro atoms. The molecule has 2 atom stereocenters. The van der Waals surface area contributed by atoms with Gasteiger partial charge in [-0.05, 0) is 36.5 Å². The first kappa shape index (κ1) is 10.0. The Hall–Kier alpha value is -0.0400. The van der Waals surface area contributed by atoms with Gasteiger partial charge in [0.1, 0.15) is 0 Å². The van der Waals surface area contributed by atoms with Crippen molar-refractivity contribution in [3.8, 4) is 0 Å². The smallest absolute Gasteiger partial charge is 0.0575 e. The van der Waals surface area contributed by atoms with E-state index in [1.165, 1.54) is 12.8 Å². The third-order valence-electron chi connectivity index (χ3n) is 3.27. The zero-order chi connectivity index (χ0) is 9.35. The monoisotopic (exact) mass is 170 g/mol. The number of hydrogen-bond acceptors (Lipinski definition) is 1. The first-order valence-corrected chi connectivity index (χ1v) is 5.10. The highest BCUT2D eigenvalue weighted by molar-refractivity contribution is 4.85. The van der Waals surface area contributed by atoms with Crippen LogP contribution in [0.4, 0.5) is 0 Å². The number of hydrogen-bond donors (Lipinski definition) is 1. The van der Waals surface area contributed by atoms with Crippen LogP contribution in [-0.2, 0) is 0 Å². The topological polar surface area (TPSA) is 20.2 Å². The van der Waals surface area contributed by atoms with Crippen LogP contribution in [0.2, 0.25) is 0 Å². The maximum atomic E-state index is 9.87. The standard InChI is InChI=1S/C11H22O/c1-8(2)9-5-6-11(3,4)7-10(9)12/h8-10,12H,5-7H2,1-4H3/t9?,10-/m0/s1. The Balaban J connectivity index is 2.54. The fraction of sp³-hybridized carbons (Fsp3) is 1.00. The molecule has 0 aromatic heterocycles. The van der Waals surface area contributed by atoms with Gasteiger partial charge >= 0.3 is 0 Å². The lowest BCUT2D eigenvalue weighted by Crippen LogP contribution is -2.36. The maximum absolute atomic E-state index is 9.87. The van der Waals surface area contributed by atoms with Crippen molar-refractivity contribution in [2.75, 3.05) is 0 Å². The van der Waals surface area contributed by atoms with E-state index >= 15 is 0 Å². The highest BCUT2D eigenvalue weighted by Crippen LogP contribution is 2.40. The summed E-state index contributed by atoms with van der Waals surface area (Å²) in [5.41, 5.74) is 0.366. The van der Waals surface area contributed by atoms with Gasteiger partial charge in [0, 0.05) is 0 Å². The second-order valence-corrected chi connectivity index (χ2v) is 5.38. The molecule has 1 saturated carbocycles. The van der Waals surface area contributed by atoms with Crippen molar-refractivity contribution in [1.82, 2.24) is 0 Å². The van der Waals surface area contributed by atoms with Crippen molar-refractivity contribution in [3.63, 3.8) is 0 Å². The molecule has 1 N–H and O–H groups in total. The lowest BCUT2D eigenvalue weighted by atomic mass is 9.68. The van der Waals surface area contributed by atoms with Gasteiger partial charge in [0.15, 0.2) is 0 Å². The summed E-state index contributed by atoms with van der Waals surface area (Å²) >= 11 is 0. The van der Waals surface area contributed by atoms with Crippen LogP contribution in [0.1, 0.15) is 47.0 Å². The Morgan fingerprint density at radius 2 is 1.92 bits per heavy atom.